The van der Waals surface area contributed by atoms with Gasteiger partial charge in [0, 0.05) is 37.1 Å². The van der Waals surface area contributed by atoms with Gasteiger partial charge in [-0.15, -0.1) is 0 Å². The van der Waals surface area contributed by atoms with Crippen LogP contribution in [0.2, 0.25) is 0 Å². The molecule has 1 fully saturated rings. The molecule has 0 amide bonds. The predicted octanol–water partition coefficient (Wildman–Crippen LogP) is 3.09. The van der Waals surface area contributed by atoms with Crippen LogP contribution in [-0.2, 0) is 4.74 Å². The van der Waals surface area contributed by atoms with E-state index in [-0.39, 0.29) is 0 Å². The molecule has 1 aromatic heterocycles. The Morgan fingerprint density at radius 1 is 1.19 bits per heavy atom. The minimum Gasteiger partial charge on any atom is -0.381 e. The first-order valence-electron chi connectivity index (χ1n) is 8.27. The first-order chi connectivity index (χ1) is 10.1. The van der Waals surface area contributed by atoms with Crippen LogP contribution in [0, 0.1) is 13.8 Å². The average Bonchev–Trinajstić information content (AvgIpc) is 2.47. The molecule has 0 aromatic carbocycles. The number of hydrogen-bond donors (Lipinski definition) is 1. The van der Waals surface area contributed by atoms with Crippen LogP contribution in [0.3, 0.4) is 0 Å². The van der Waals surface area contributed by atoms with Crippen molar-refractivity contribution in [1.82, 2.24) is 15.3 Å². The number of ether oxygens (including phenoxy) is 1. The Hall–Kier alpha value is -1.00. The van der Waals surface area contributed by atoms with Crippen LogP contribution in [0.4, 0.5) is 0 Å². The van der Waals surface area contributed by atoms with Gasteiger partial charge in [0.2, 0.25) is 0 Å². The molecule has 1 saturated heterocycles. The Kier molecular flexibility index (Phi) is 6.12. The molecule has 0 saturated carbocycles. The highest BCUT2D eigenvalue weighted by atomic mass is 16.5. The lowest BCUT2D eigenvalue weighted by Crippen LogP contribution is -2.23. The van der Waals surface area contributed by atoms with Crippen LogP contribution in [0.15, 0.2) is 0 Å². The molecule has 118 valence electrons. The van der Waals surface area contributed by atoms with E-state index in [2.05, 4.69) is 33.0 Å². The molecule has 1 aromatic rings. The Labute approximate surface area is 128 Å². The van der Waals surface area contributed by atoms with Crippen LogP contribution in [0.5, 0.6) is 0 Å². The van der Waals surface area contributed by atoms with Gasteiger partial charge >= 0.3 is 0 Å². The molecule has 0 radical (unpaired) electrons. The predicted molar refractivity (Wildman–Crippen MR) is 85.9 cm³/mol. The lowest BCUT2D eigenvalue weighted by Gasteiger charge is -2.23. The topological polar surface area (TPSA) is 47.0 Å². The third-order valence-corrected chi connectivity index (χ3v) is 4.30. The van der Waals surface area contributed by atoms with Gasteiger partial charge < -0.3 is 10.1 Å². The molecule has 1 aliphatic rings. The number of aryl methyl sites for hydroxylation is 2. The van der Waals surface area contributed by atoms with Crippen molar-refractivity contribution in [3.63, 3.8) is 0 Å². The van der Waals surface area contributed by atoms with Crippen molar-refractivity contribution in [2.45, 2.75) is 58.8 Å². The second kappa shape index (κ2) is 7.85. The number of aromatic nitrogens is 2. The van der Waals surface area contributed by atoms with E-state index in [0.717, 1.165) is 56.4 Å². The molecule has 1 N–H and O–H groups in total. The van der Waals surface area contributed by atoms with Crippen LogP contribution in [0.25, 0.3) is 0 Å². The molecular formula is C17H29N3O. The van der Waals surface area contributed by atoms with Gasteiger partial charge in [-0.05, 0) is 51.1 Å². The number of hydrogen-bond acceptors (Lipinski definition) is 4. The zero-order valence-corrected chi connectivity index (χ0v) is 13.9. The molecule has 0 bridgehead atoms. The fourth-order valence-electron chi connectivity index (χ4n) is 3.20. The SMILES string of the molecule is CCCNCC(C)c1c(C)nc(C2CCOCC2)nc1C. The number of nitrogens with one attached hydrogen (secondary N) is 1. The van der Waals surface area contributed by atoms with Crippen molar-refractivity contribution in [3.05, 3.63) is 22.8 Å². The highest BCUT2D eigenvalue weighted by Crippen LogP contribution is 2.27. The van der Waals surface area contributed by atoms with Gasteiger partial charge in [0.15, 0.2) is 0 Å². The quantitative estimate of drug-likeness (QED) is 0.818. The van der Waals surface area contributed by atoms with E-state index in [1.807, 2.05) is 0 Å². The summed E-state index contributed by atoms with van der Waals surface area (Å²) in [6.07, 6.45) is 3.27. The molecule has 0 spiro atoms. The molecule has 0 aliphatic carbocycles. The maximum Gasteiger partial charge on any atom is 0.132 e. The van der Waals surface area contributed by atoms with Gasteiger partial charge in [0.1, 0.15) is 5.82 Å². The van der Waals surface area contributed by atoms with Crippen molar-refractivity contribution >= 4 is 0 Å². The summed E-state index contributed by atoms with van der Waals surface area (Å²) in [5.41, 5.74) is 3.61. The van der Waals surface area contributed by atoms with Crippen molar-refractivity contribution in [2.24, 2.45) is 0 Å². The summed E-state index contributed by atoms with van der Waals surface area (Å²) in [6, 6.07) is 0. The lowest BCUT2D eigenvalue weighted by atomic mass is 9.95. The maximum atomic E-state index is 5.43. The first kappa shape index (κ1) is 16.4. The molecule has 1 atom stereocenters. The van der Waals surface area contributed by atoms with E-state index in [0.29, 0.717) is 11.8 Å². The Bertz CT molecular complexity index is 432. The summed E-state index contributed by atoms with van der Waals surface area (Å²) in [4.78, 5) is 9.63. The molecule has 1 aliphatic heterocycles. The van der Waals surface area contributed by atoms with E-state index < -0.39 is 0 Å². The van der Waals surface area contributed by atoms with Gasteiger partial charge in [-0.3, -0.25) is 0 Å². The van der Waals surface area contributed by atoms with Crippen LogP contribution >= 0.6 is 0 Å². The van der Waals surface area contributed by atoms with E-state index in [9.17, 15) is 0 Å². The van der Waals surface area contributed by atoms with E-state index in [4.69, 9.17) is 14.7 Å². The monoisotopic (exact) mass is 291 g/mol. The smallest absolute Gasteiger partial charge is 0.132 e. The molecular weight excluding hydrogens is 262 g/mol. The summed E-state index contributed by atoms with van der Waals surface area (Å²) in [7, 11) is 0. The summed E-state index contributed by atoms with van der Waals surface area (Å²) in [5, 5.41) is 3.49. The molecule has 1 unspecified atom stereocenters. The largest absolute Gasteiger partial charge is 0.381 e. The maximum absolute atomic E-state index is 5.43. The average molecular weight is 291 g/mol. The van der Waals surface area contributed by atoms with E-state index >= 15 is 0 Å². The second-order valence-electron chi connectivity index (χ2n) is 6.16. The molecule has 2 rings (SSSR count). The van der Waals surface area contributed by atoms with Crippen molar-refractivity contribution in [2.75, 3.05) is 26.3 Å². The minimum absolute atomic E-state index is 0.459. The van der Waals surface area contributed by atoms with Crippen molar-refractivity contribution < 1.29 is 4.74 Å². The fourth-order valence-corrected chi connectivity index (χ4v) is 3.20. The van der Waals surface area contributed by atoms with Crippen molar-refractivity contribution in [3.8, 4) is 0 Å². The zero-order valence-electron chi connectivity index (χ0n) is 13.9. The summed E-state index contributed by atoms with van der Waals surface area (Å²) in [5.74, 6) is 1.95. The van der Waals surface area contributed by atoms with E-state index in [1.165, 1.54) is 12.0 Å². The Balaban J connectivity index is 2.12. The highest BCUT2D eigenvalue weighted by Gasteiger charge is 2.21. The van der Waals surface area contributed by atoms with Gasteiger partial charge in [-0.25, -0.2) is 9.97 Å². The number of nitrogens with zero attached hydrogens (tertiary/aromatic N) is 2. The second-order valence-corrected chi connectivity index (χ2v) is 6.16. The Morgan fingerprint density at radius 3 is 2.38 bits per heavy atom. The third kappa shape index (κ3) is 4.24. The van der Waals surface area contributed by atoms with Gasteiger partial charge in [0.25, 0.3) is 0 Å². The summed E-state index contributed by atoms with van der Waals surface area (Å²) in [6.45, 7) is 12.5. The summed E-state index contributed by atoms with van der Waals surface area (Å²) >= 11 is 0. The van der Waals surface area contributed by atoms with Gasteiger partial charge in [-0.2, -0.15) is 0 Å². The lowest BCUT2D eigenvalue weighted by molar-refractivity contribution is 0.0835. The standard InChI is InChI=1S/C17H29N3O/c1-5-8-18-11-12(2)16-13(3)19-17(20-14(16)4)15-6-9-21-10-7-15/h12,15,18H,5-11H2,1-4H3. The van der Waals surface area contributed by atoms with Crippen LogP contribution in [0.1, 0.15) is 67.7 Å². The van der Waals surface area contributed by atoms with Crippen molar-refractivity contribution in [1.29, 1.82) is 0 Å². The van der Waals surface area contributed by atoms with E-state index in [1.54, 1.807) is 0 Å². The normalized spacial score (nSPS) is 17.9. The molecule has 21 heavy (non-hydrogen) atoms. The molecule has 4 heteroatoms. The third-order valence-electron chi connectivity index (χ3n) is 4.30. The minimum atomic E-state index is 0.459. The van der Waals surface area contributed by atoms with Gasteiger partial charge in [-0.1, -0.05) is 13.8 Å². The molecule has 2 heterocycles. The number of rotatable bonds is 6. The fraction of sp³-hybridized carbons (Fsp3) is 0.765. The molecule has 4 nitrogen and oxygen atoms in total. The van der Waals surface area contributed by atoms with Gasteiger partial charge in [0.05, 0.1) is 0 Å². The van der Waals surface area contributed by atoms with Crippen LogP contribution < -0.4 is 5.32 Å². The van der Waals surface area contributed by atoms with Crippen LogP contribution in [-0.4, -0.2) is 36.3 Å². The zero-order chi connectivity index (χ0) is 15.2. The Morgan fingerprint density at radius 2 is 1.81 bits per heavy atom. The first-order valence-corrected chi connectivity index (χ1v) is 8.27. The highest BCUT2D eigenvalue weighted by molar-refractivity contribution is 5.29. The summed E-state index contributed by atoms with van der Waals surface area (Å²) < 4.78 is 5.43.